The summed E-state index contributed by atoms with van der Waals surface area (Å²) in [4.78, 5) is 22.5. The predicted octanol–water partition coefficient (Wildman–Crippen LogP) is 2.08. The Morgan fingerprint density at radius 2 is 1.81 bits per heavy atom. The Morgan fingerprint density at radius 3 is 2.19 bits per heavy atom. The van der Waals surface area contributed by atoms with E-state index in [0.717, 1.165) is 0 Å². The fourth-order valence-corrected chi connectivity index (χ4v) is 2.15. The maximum Gasteiger partial charge on any atom is 0.310 e. The number of ether oxygens (including phenoxy) is 1. The first-order valence-electron chi connectivity index (χ1n) is 5.50. The van der Waals surface area contributed by atoms with Crippen LogP contribution in [0.2, 0.25) is 0 Å². The quantitative estimate of drug-likeness (QED) is 0.751. The van der Waals surface area contributed by atoms with Gasteiger partial charge >= 0.3 is 11.9 Å². The van der Waals surface area contributed by atoms with Crippen molar-refractivity contribution in [3.05, 3.63) is 0 Å². The molecule has 16 heavy (non-hydrogen) atoms. The fraction of sp³-hybridized carbons (Fsp3) is 0.833. The number of aliphatic carboxylic acids is 1. The largest absolute Gasteiger partial charge is 0.481 e. The molecule has 1 aliphatic rings. The number of rotatable bonds is 3. The monoisotopic (exact) mass is 228 g/mol. The molecule has 0 unspecified atom stereocenters. The molecule has 1 fully saturated rings. The van der Waals surface area contributed by atoms with Crippen molar-refractivity contribution in [3.8, 4) is 0 Å². The van der Waals surface area contributed by atoms with Crippen LogP contribution in [0.15, 0.2) is 0 Å². The van der Waals surface area contributed by atoms with Gasteiger partial charge in [0.05, 0.1) is 5.92 Å². The van der Waals surface area contributed by atoms with Crippen LogP contribution in [0.25, 0.3) is 0 Å². The molecule has 0 saturated heterocycles. The van der Waals surface area contributed by atoms with Gasteiger partial charge in [-0.25, -0.2) is 0 Å². The number of hydrogen-bond donors (Lipinski definition) is 1. The molecule has 0 bridgehead atoms. The van der Waals surface area contributed by atoms with Gasteiger partial charge in [0.1, 0.15) is 5.60 Å². The molecule has 0 aromatic rings. The summed E-state index contributed by atoms with van der Waals surface area (Å²) in [7, 11) is 0. The number of hydrogen-bond acceptors (Lipinski definition) is 3. The first-order valence-corrected chi connectivity index (χ1v) is 5.50. The molecule has 0 aromatic heterocycles. The minimum atomic E-state index is -0.857. The Balaban J connectivity index is 2.62. The molecule has 1 aliphatic carbocycles. The molecule has 0 aliphatic heterocycles. The van der Waals surface area contributed by atoms with Gasteiger partial charge in [0.15, 0.2) is 0 Å². The second-order valence-corrected chi connectivity index (χ2v) is 6.04. The molecule has 0 aromatic carbocycles. The molecule has 2 atom stereocenters. The third kappa shape index (κ3) is 2.74. The highest BCUT2D eigenvalue weighted by molar-refractivity contribution is 5.80. The molecule has 1 rings (SSSR count). The van der Waals surface area contributed by atoms with Crippen LogP contribution in [0.3, 0.4) is 0 Å². The third-order valence-electron chi connectivity index (χ3n) is 3.11. The van der Waals surface area contributed by atoms with Gasteiger partial charge in [0.25, 0.3) is 0 Å². The van der Waals surface area contributed by atoms with Gasteiger partial charge in [-0.3, -0.25) is 9.59 Å². The van der Waals surface area contributed by atoms with Crippen molar-refractivity contribution in [2.45, 2.75) is 46.6 Å². The van der Waals surface area contributed by atoms with Crippen LogP contribution in [0.5, 0.6) is 0 Å². The lowest BCUT2D eigenvalue weighted by Gasteiger charge is -2.20. The van der Waals surface area contributed by atoms with E-state index in [4.69, 9.17) is 9.84 Å². The molecule has 1 saturated carbocycles. The fourth-order valence-electron chi connectivity index (χ4n) is 2.15. The summed E-state index contributed by atoms with van der Waals surface area (Å²) in [6.07, 6.45) is 0.0386. The summed E-state index contributed by atoms with van der Waals surface area (Å²) >= 11 is 0. The van der Waals surface area contributed by atoms with E-state index in [1.54, 1.807) is 0 Å². The molecule has 0 amide bonds. The average molecular weight is 228 g/mol. The van der Waals surface area contributed by atoms with Crippen LogP contribution < -0.4 is 0 Å². The smallest absolute Gasteiger partial charge is 0.310 e. The SMILES string of the molecule is CC(C)(C)OC(=O)[C@@H]1[C@@H](CC(=O)O)C1(C)C. The van der Waals surface area contributed by atoms with E-state index in [1.165, 1.54) is 0 Å². The van der Waals surface area contributed by atoms with E-state index in [2.05, 4.69) is 0 Å². The Hall–Kier alpha value is -1.06. The Morgan fingerprint density at radius 1 is 1.31 bits per heavy atom. The Bertz CT molecular complexity index is 311. The third-order valence-corrected chi connectivity index (χ3v) is 3.11. The van der Waals surface area contributed by atoms with E-state index in [0.29, 0.717) is 0 Å². The van der Waals surface area contributed by atoms with E-state index in [-0.39, 0.29) is 29.6 Å². The zero-order valence-electron chi connectivity index (χ0n) is 10.5. The van der Waals surface area contributed by atoms with E-state index in [9.17, 15) is 9.59 Å². The van der Waals surface area contributed by atoms with Gasteiger partial charge in [0.2, 0.25) is 0 Å². The number of carbonyl (C=O) groups excluding carboxylic acids is 1. The standard InChI is InChI=1S/C12H20O4/c1-11(2,3)16-10(15)9-7(6-8(13)14)12(9,4)5/h7,9H,6H2,1-5H3,(H,13,14)/t7-,9+/m1/s1. The zero-order chi connectivity index (χ0) is 12.7. The zero-order valence-corrected chi connectivity index (χ0v) is 10.5. The van der Waals surface area contributed by atoms with Crippen LogP contribution in [0.1, 0.15) is 41.0 Å². The van der Waals surface area contributed by atoms with Crippen LogP contribution in [0.4, 0.5) is 0 Å². The van der Waals surface area contributed by atoms with Crippen LogP contribution in [-0.2, 0) is 14.3 Å². The minimum absolute atomic E-state index is 0.0386. The first kappa shape index (κ1) is 13.0. The average Bonchev–Trinajstić information content (AvgIpc) is 2.47. The highest BCUT2D eigenvalue weighted by atomic mass is 16.6. The molecule has 92 valence electrons. The molecular weight excluding hydrogens is 208 g/mol. The normalized spacial score (nSPS) is 27.3. The van der Waals surface area contributed by atoms with E-state index >= 15 is 0 Å². The number of esters is 1. The summed E-state index contributed by atoms with van der Waals surface area (Å²) in [6, 6.07) is 0. The van der Waals surface area contributed by atoms with Gasteiger partial charge in [-0.1, -0.05) is 13.8 Å². The highest BCUT2D eigenvalue weighted by Crippen LogP contribution is 2.60. The van der Waals surface area contributed by atoms with Gasteiger partial charge in [-0.15, -0.1) is 0 Å². The second-order valence-electron chi connectivity index (χ2n) is 6.04. The topological polar surface area (TPSA) is 63.6 Å². The molecule has 0 spiro atoms. The first-order chi connectivity index (χ1) is 7.05. The van der Waals surface area contributed by atoms with Crippen LogP contribution in [-0.4, -0.2) is 22.6 Å². The van der Waals surface area contributed by atoms with Crippen molar-refractivity contribution >= 4 is 11.9 Å². The van der Waals surface area contributed by atoms with Crippen molar-refractivity contribution in [1.29, 1.82) is 0 Å². The van der Waals surface area contributed by atoms with Crippen molar-refractivity contribution in [1.82, 2.24) is 0 Å². The van der Waals surface area contributed by atoms with Gasteiger partial charge < -0.3 is 9.84 Å². The van der Waals surface area contributed by atoms with Gasteiger partial charge in [-0.05, 0) is 32.1 Å². The van der Waals surface area contributed by atoms with Crippen LogP contribution in [0, 0.1) is 17.3 Å². The Labute approximate surface area is 96.0 Å². The second kappa shape index (κ2) is 3.75. The summed E-state index contributed by atoms with van der Waals surface area (Å²) in [5, 5.41) is 8.74. The summed E-state index contributed by atoms with van der Waals surface area (Å²) in [5.74, 6) is -1.50. The molecule has 0 heterocycles. The molecule has 0 radical (unpaired) electrons. The van der Waals surface area contributed by atoms with Gasteiger partial charge in [-0.2, -0.15) is 0 Å². The minimum Gasteiger partial charge on any atom is -0.481 e. The highest BCUT2D eigenvalue weighted by Gasteiger charge is 2.63. The van der Waals surface area contributed by atoms with E-state index < -0.39 is 11.6 Å². The number of carbonyl (C=O) groups is 2. The number of carboxylic acid groups (broad SMARTS) is 1. The maximum absolute atomic E-state index is 11.8. The molecule has 4 nitrogen and oxygen atoms in total. The maximum atomic E-state index is 11.8. The lowest BCUT2D eigenvalue weighted by atomic mass is 10.1. The lowest BCUT2D eigenvalue weighted by Crippen LogP contribution is -2.26. The van der Waals surface area contributed by atoms with Crippen molar-refractivity contribution in [2.24, 2.45) is 17.3 Å². The molecule has 4 heteroatoms. The molecule has 1 N–H and O–H groups in total. The van der Waals surface area contributed by atoms with Gasteiger partial charge in [0, 0.05) is 6.42 Å². The van der Waals surface area contributed by atoms with E-state index in [1.807, 2.05) is 34.6 Å². The Kier molecular flexibility index (Phi) is 3.05. The van der Waals surface area contributed by atoms with Crippen molar-refractivity contribution in [2.75, 3.05) is 0 Å². The summed E-state index contributed by atoms with van der Waals surface area (Å²) in [6.45, 7) is 9.26. The molecular formula is C12H20O4. The van der Waals surface area contributed by atoms with Crippen LogP contribution >= 0.6 is 0 Å². The lowest BCUT2D eigenvalue weighted by molar-refractivity contribution is -0.157. The summed E-state index contributed by atoms with van der Waals surface area (Å²) in [5.41, 5.74) is -0.760. The summed E-state index contributed by atoms with van der Waals surface area (Å²) < 4.78 is 5.28. The van der Waals surface area contributed by atoms with Crippen molar-refractivity contribution < 1.29 is 19.4 Å². The number of carboxylic acids is 1. The van der Waals surface area contributed by atoms with Crippen molar-refractivity contribution in [3.63, 3.8) is 0 Å². The predicted molar refractivity (Wildman–Crippen MR) is 58.9 cm³/mol.